The summed E-state index contributed by atoms with van der Waals surface area (Å²) < 4.78 is 32.3. The van der Waals surface area contributed by atoms with E-state index in [0.29, 0.717) is 18.8 Å². The molecular formula is C17H25N3O4S. The molecule has 0 unspecified atom stereocenters. The zero-order valence-electron chi connectivity index (χ0n) is 14.5. The number of nitrogens with one attached hydrogen (secondary N) is 2. The zero-order chi connectivity index (χ0) is 17.9. The Morgan fingerprint density at radius 3 is 2.56 bits per heavy atom. The number of carbonyl (C=O) groups is 1. The van der Waals surface area contributed by atoms with Crippen LogP contribution in [0.3, 0.4) is 0 Å². The van der Waals surface area contributed by atoms with Crippen LogP contribution >= 0.6 is 0 Å². The molecule has 2 N–H and O–H groups in total. The molecule has 8 heteroatoms. The number of anilines is 1. The molecular weight excluding hydrogens is 342 g/mol. The lowest BCUT2D eigenvalue weighted by Crippen LogP contribution is -2.34. The van der Waals surface area contributed by atoms with Gasteiger partial charge in [0.25, 0.3) is 0 Å². The zero-order valence-corrected chi connectivity index (χ0v) is 15.3. The first-order valence-corrected chi connectivity index (χ1v) is 10.2. The molecule has 138 valence electrons. The highest BCUT2D eigenvalue weighted by molar-refractivity contribution is 7.89. The van der Waals surface area contributed by atoms with Crippen molar-refractivity contribution >= 4 is 21.6 Å². The topological polar surface area (TPSA) is 87.7 Å². The highest BCUT2D eigenvalue weighted by Crippen LogP contribution is 2.31. The van der Waals surface area contributed by atoms with E-state index in [1.165, 1.54) is 17.5 Å². The normalized spacial score (nSPS) is 19.7. The third-order valence-corrected chi connectivity index (χ3v) is 6.76. The molecule has 1 aromatic rings. The van der Waals surface area contributed by atoms with Gasteiger partial charge in [-0.2, -0.15) is 4.31 Å². The number of methoxy groups -OCH3 is 1. The molecule has 7 nitrogen and oxygen atoms in total. The number of sulfonamides is 1. The fraction of sp³-hybridized carbons (Fsp3) is 0.588. The lowest BCUT2D eigenvalue weighted by molar-refractivity contribution is -0.120. The van der Waals surface area contributed by atoms with Gasteiger partial charge in [0, 0.05) is 30.8 Å². The molecule has 2 aliphatic rings. The van der Waals surface area contributed by atoms with Crippen LogP contribution in [0, 0.1) is 5.92 Å². The van der Waals surface area contributed by atoms with E-state index in [0.717, 1.165) is 38.8 Å². The third kappa shape index (κ3) is 3.96. The van der Waals surface area contributed by atoms with Crippen molar-refractivity contribution in [3.8, 4) is 5.75 Å². The summed E-state index contributed by atoms with van der Waals surface area (Å²) in [5.41, 5.74) is 0.556. The minimum Gasteiger partial charge on any atom is -0.495 e. The minimum atomic E-state index is -3.56. The first-order valence-electron chi connectivity index (χ1n) is 8.72. The molecule has 0 aromatic heterocycles. The van der Waals surface area contributed by atoms with Crippen LogP contribution in [0.1, 0.15) is 25.7 Å². The first kappa shape index (κ1) is 18.2. The van der Waals surface area contributed by atoms with Gasteiger partial charge in [0.1, 0.15) is 10.6 Å². The number of hydrogen-bond acceptors (Lipinski definition) is 5. The van der Waals surface area contributed by atoms with Gasteiger partial charge in [-0.3, -0.25) is 4.79 Å². The van der Waals surface area contributed by atoms with Gasteiger partial charge < -0.3 is 15.4 Å². The summed E-state index contributed by atoms with van der Waals surface area (Å²) in [6.45, 7) is 2.77. The molecule has 2 fully saturated rings. The smallest absolute Gasteiger partial charge is 0.246 e. The van der Waals surface area contributed by atoms with E-state index in [1.54, 1.807) is 12.1 Å². The summed E-state index contributed by atoms with van der Waals surface area (Å²) in [6.07, 6.45) is 3.38. The van der Waals surface area contributed by atoms with E-state index in [1.807, 2.05) is 0 Å². The van der Waals surface area contributed by atoms with Crippen molar-refractivity contribution in [2.45, 2.75) is 30.6 Å². The lowest BCUT2D eigenvalue weighted by atomic mass is 9.97. The molecule has 2 heterocycles. The average molecular weight is 367 g/mol. The molecule has 0 radical (unpaired) electrons. The van der Waals surface area contributed by atoms with Crippen molar-refractivity contribution in [1.82, 2.24) is 9.62 Å². The van der Waals surface area contributed by atoms with Crippen LogP contribution in [0.2, 0.25) is 0 Å². The maximum Gasteiger partial charge on any atom is 0.246 e. The van der Waals surface area contributed by atoms with Crippen molar-refractivity contribution in [3.05, 3.63) is 18.2 Å². The molecule has 1 amide bonds. The Morgan fingerprint density at radius 2 is 1.92 bits per heavy atom. The fourth-order valence-corrected chi connectivity index (χ4v) is 5.01. The highest BCUT2D eigenvalue weighted by atomic mass is 32.2. The number of rotatable bonds is 5. The summed E-state index contributed by atoms with van der Waals surface area (Å²) in [7, 11) is -2.12. The summed E-state index contributed by atoms with van der Waals surface area (Å²) >= 11 is 0. The van der Waals surface area contributed by atoms with Crippen LogP contribution in [0.5, 0.6) is 5.75 Å². The number of ether oxygens (including phenoxy) is 1. The number of piperidine rings is 1. The molecule has 0 bridgehead atoms. The maximum absolute atomic E-state index is 12.7. The number of carbonyl (C=O) groups excluding carboxylic acids is 1. The molecule has 2 aliphatic heterocycles. The number of amides is 1. The van der Waals surface area contributed by atoms with Crippen LogP contribution in [-0.4, -0.2) is 51.9 Å². The minimum absolute atomic E-state index is 0.0137. The number of nitrogens with zero attached hydrogens (tertiary/aromatic N) is 1. The molecule has 0 saturated carbocycles. The second-order valence-electron chi connectivity index (χ2n) is 6.49. The number of benzene rings is 1. The Kier molecular flexibility index (Phi) is 5.61. The van der Waals surface area contributed by atoms with Crippen LogP contribution in [-0.2, 0) is 14.8 Å². The van der Waals surface area contributed by atoms with Gasteiger partial charge in [-0.05, 0) is 50.9 Å². The summed E-state index contributed by atoms with van der Waals surface area (Å²) in [4.78, 5) is 12.5. The van der Waals surface area contributed by atoms with E-state index in [-0.39, 0.29) is 22.5 Å². The molecule has 3 rings (SSSR count). The molecule has 0 spiro atoms. The van der Waals surface area contributed by atoms with E-state index in [4.69, 9.17) is 4.74 Å². The fourth-order valence-electron chi connectivity index (χ4n) is 3.35. The van der Waals surface area contributed by atoms with Crippen molar-refractivity contribution in [2.24, 2.45) is 5.92 Å². The Bertz CT molecular complexity index is 723. The Morgan fingerprint density at radius 1 is 1.24 bits per heavy atom. The average Bonchev–Trinajstić information content (AvgIpc) is 3.17. The second-order valence-corrected chi connectivity index (χ2v) is 8.40. The van der Waals surface area contributed by atoms with Gasteiger partial charge in [-0.25, -0.2) is 8.42 Å². The summed E-state index contributed by atoms with van der Waals surface area (Å²) in [6, 6.07) is 4.73. The van der Waals surface area contributed by atoms with Crippen molar-refractivity contribution in [2.75, 3.05) is 38.6 Å². The largest absolute Gasteiger partial charge is 0.495 e. The van der Waals surface area contributed by atoms with Crippen LogP contribution in [0.15, 0.2) is 23.1 Å². The summed E-state index contributed by atoms with van der Waals surface area (Å²) in [5.74, 6) is 0.217. The van der Waals surface area contributed by atoms with Crippen molar-refractivity contribution < 1.29 is 17.9 Å². The SMILES string of the molecule is COc1cc(NC(=O)C2CCNCC2)ccc1S(=O)(=O)N1CCCC1. The van der Waals surface area contributed by atoms with E-state index >= 15 is 0 Å². The lowest BCUT2D eigenvalue weighted by Gasteiger charge is -2.22. The Balaban J connectivity index is 1.78. The summed E-state index contributed by atoms with van der Waals surface area (Å²) in [5, 5.41) is 6.11. The predicted molar refractivity (Wildman–Crippen MR) is 95.2 cm³/mol. The second kappa shape index (κ2) is 7.72. The van der Waals surface area contributed by atoms with E-state index in [9.17, 15) is 13.2 Å². The van der Waals surface area contributed by atoms with Crippen LogP contribution in [0.25, 0.3) is 0 Å². The van der Waals surface area contributed by atoms with Gasteiger partial charge >= 0.3 is 0 Å². The number of hydrogen-bond donors (Lipinski definition) is 2. The first-order chi connectivity index (χ1) is 12.0. The van der Waals surface area contributed by atoms with Gasteiger partial charge in [0.15, 0.2) is 0 Å². The third-order valence-electron chi connectivity index (χ3n) is 4.82. The quantitative estimate of drug-likeness (QED) is 0.822. The van der Waals surface area contributed by atoms with E-state index < -0.39 is 10.0 Å². The van der Waals surface area contributed by atoms with Gasteiger partial charge in [0.05, 0.1) is 7.11 Å². The van der Waals surface area contributed by atoms with Crippen molar-refractivity contribution in [1.29, 1.82) is 0 Å². The predicted octanol–water partition coefficient (Wildman–Crippen LogP) is 1.42. The van der Waals surface area contributed by atoms with Crippen LogP contribution < -0.4 is 15.4 Å². The van der Waals surface area contributed by atoms with E-state index in [2.05, 4.69) is 10.6 Å². The Hall–Kier alpha value is -1.64. The van der Waals surface area contributed by atoms with Crippen molar-refractivity contribution in [3.63, 3.8) is 0 Å². The van der Waals surface area contributed by atoms with Gasteiger partial charge in [0.2, 0.25) is 15.9 Å². The van der Waals surface area contributed by atoms with Gasteiger partial charge in [-0.1, -0.05) is 0 Å². The molecule has 2 saturated heterocycles. The Labute approximate surface area is 148 Å². The van der Waals surface area contributed by atoms with Gasteiger partial charge in [-0.15, -0.1) is 0 Å². The highest BCUT2D eigenvalue weighted by Gasteiger charge is 2.30. The molecule has 25 heavy (non-hydrogen) atoms. The molecule has 1 aromatic carbocycles. The molecule has 0 aliphatic carbocycles. The molecule has 0 atom stereocenters. The van der Waals surface area contributed by atoms with Crippen LogP contribution in [0.4, 0.5) is 5.69 Å². The standard InChI is InChI=1S/C17H25N3O4S/c1-24-15-12-14(19-17(21)13-6-8-18-9-7-13)4-5-16(15)25(22,23)20-10-2-3-11-20/h4-5,12-13,18H,2-3,6-11H2,1H3,(H,19,21). The maximum atomic E-state index is 12.7. The monoisotopic (exact) mass is 367 g/mol.